The van der Waals surface area contributed by atoms with Gasteiger partial charge in [-0.15, -0.1) is 5.10 Å². The smallest absolute Gasteiger partial charge is 0.233 e. The fraction of sp³-hybridized carbons (Fsp3) is 0.550. The number of piperidine rings is 1. The highest BCUT2D eigenvalue weighted by molar-refractivity contribution is 7.99. The molecule has 144 valence electrons. The van der Waals surface area contributed by atoms with E-state index in [1.165, 1.54) is 43.9 Å². The van der Waals surface area contributed by atoms with Gasteiger partial charge in [0.25, 0.3) is 0 Å². The first-order valence-electron chi connectivity index (χ1n) is 9.70. The van der Waals surface area contributed by atoms with E-state index in [0.717, 1.165) is 30.3 Å². The fourth-order valence-corrected chi connectivity index (χ4v) is 4.94. The number of thioether (sulfide) groups is 1. The molecule has 1 N–H and O–H groups in total. The molecule has 1 amide bonds. The van der Waals surface area contributed by atoms with Gasteiger partial charge in [-0.05, 0) is 48.9 Å². The van der Waals surface area contributed by atoms with Gasteiger partial charge in [0, 0.05) is 18.7 Å². The molecule has 7 heteroatoms. The van der Waals surface area contributed by atoms with Crippen molar-refractivity contribution in [3.05, 3.63) is 24.3 Å². The third-order valence-electron chi connectivity index (χ3n) is 5.80. The predicted molar refractivity (Wildman–Crippen MR) is 106 cm³/mol. The number of nitrogens with one attached hydrogen (secondary N) is 1. The molecule has 2 fully saturated rings. The summed E-state index contributed by atoms with van der Waals surface area (Å²) < 4.78 is 5.17. The average molecular weight is 387 g/mol. The van der Waals surface area contributed by atoms with Gasteiger partial charge in [0.2, 0.25) is 11.1 Å². The molecular formula is C20H26N4O2S. The Morgan fingerprint density at radius 2 is 2.00 bits per heavy atom. The van der Waals surface area contributed by atoms with Crippen LogP contribution in [0, 0.1) is 11.8 Å². The number of aromatic nitrogens is 3. The van der Waals surface area contributed by atoms with Crippen LogP contribution in [0.5, 0.6) is 5.75 Å². The highest BCUT2D eigenvalue weighted by atomic mass is 32.2. The average Bonchev–Trinajstić information content (AvgIpc) is 3.21. The van der Waals surface area contributed by atoms with Crippen LogP contribution in [0.3, 0.4) is 0 Å². The minimum Gasteiger partial charge on any atom is -0.497 e. The third kappa shape index (κ3) is 4.29. The lowest BCUT2D eigenvalue weighted by Crippen LogP contribution is -2.45. The molecule has 2 aliphatic rings. The molecule has 1 aromatic heterocycles. The Hall–Kier alpha value is -2.02. The van der Waals surface area contributed by atoms with Crippen molar-refractivity contribution in [2.75, 3.05) is 26.0 Å². The maximum atomic E-state index is 12.6. The van der Waals surface area contributed by atoms with Crippen molar-refractivity contribution in [3.63, 3.8) is 0 Å². The standard InChI is InChI=1S/C20H26N4O2S/c1-26-17-8-6-15(7-9-17)19-21-20(23-22-19)27-13-18(25)24-11-10-14-4-2-3-5-16(14)12-24/h6-9,14,16H,2-5,10-13H2,1H3,(H,21,22,23)/t14-,16+/m0/s1. The number of H-pyrrole nitrogens is 1. The van der Waals surface area contributed by atoms with Crippen LogP contribution in [0.2, 0.25) is 0 Å². The summed E-state index contributed by atoms with van der Waals surface area (Å²) in [6, 6.07) is 7.66. The normalized spacial score (nSPS) is 22.3. The lowest BCUT2D eigenvalue weighted by atomic mass is 9.75. The second-order valence-corrected chi connectivity index (χ2v) is 8.36. The Bertz CT molecular complexity index is 777. The number of carbonyl (C=O) groups is 1. The Balaban J connectivity index is 1.31. The molecule has 2 aromatic rings. The summed E-state index contributed by atoms with van der Waals surface area (Å²) in [6.45, 7) is 1.85. The van der Waals surface area contributed by atoms with E-state index in [4.69, 9.17) is 4.74 Å². The molecule has 0 radical (unpaired) electrons. The van der Waals surface area contributed by atoms with Crippen LogP contribution in [-0.2, 0) is 4.79 Å². The maximum Gasteiger partial charge on any atom is 0.233 e. The van der Waals surface area contributed by atoms with Crippen LogP contribution in [0.25, 0.3) is 11.4 Å². The van der Waals surface area contributed by atoms with E-state index in [0.29, 0.717) is 22.7 Å². The molecule has 1 saturated carbocycles. The summed E-state index contributed by atoms with van der Waals surface area (Å²) in [6.07, 6.45) is 6.50. The lowest BCUT2D eigenvalue weighted by molar-refractivity contribution is -0.131. The van der Waals surface area contributed by atoms with E-state index in [1.807, 2.05) is 24.3 Å². The van der Waals surface area contributed by atoms with Crippen LogP contribution in [0.4, 0.5) is 0 Å². The van der Waals surface area contributed by atoms with Gasteiger partial charge in [0.05, 0.1) is 12.9 Å². The summed E-state index contributed by atoms with van der Waals surface area (Å²) in [5.41, 5.74) is 0.945. The van der Waals surface area contributed by atoms with E-state index in [-0.39, 0.29) is 5.91 Å². The first kappa shape index (κ1) is 18.3. The van der Waals surface area contributed by atoms with Crippen molar-refractivity contribution >= 4 is 17.7 Å². The number of rotatable bonds is 5. The quantitative estimate of drug-likeness (QED) is 0.795. The minimum atomic E-state index is 0.208. The summed E-state index contributed by atoms with van der Waals surface area (Å²) in [5, 5.41) is 7.81. The van der Waals surface area contributed by atoms with Crippen molar-refractivity contribution in [3.8, 4) is 17.1 Å². The molecule has 0 unspecified atom stereocenters. The summed E-state index contributed by atoms with van der Waals surface area (Å²) >= 11 is 1.41. The molecule has 6 nitrogen and oxygen atoms in total. The van der Waals surface area contributed by atoms with Gasteiger partial charge in [-0.2, -0.15) is 0 Å². The second-order valence-electron chi connectivity index (χ2n) is 7.42. The number of likely N-dealkylation sites (tertiary alicyclic amines) is 1. The number of methoxy groups -OCH3 is 1. The topological polar surface area (TPSA) is 71.1 Å². The SMILES string of the molecule is COc1ccc(-c2nc(SCC(=O)N3CC[C@@H]4CCCC[C@@H]4C3)n[nH]2)cc1. The van der Waals surface area contributed by atoms with Crippen LogP contribution in [0.15, 0.2) is 29.4 Å². The Labute approximate surface area is 164 Å². The van der Waals surface area contributed by atoms with E-state index in [2.05, 4.69) is 20.1 Å². The van der Waals surface area contributed by atoms with Gasteiger partial charge < -0.3 is 9.64 Å². The van der Waals surface area contributed by atoms with Crippen molar-refractivity contribution < 1.29 is 9.53 Å². The molecule has 0 spiro atoms. The van der Waals surface area contributed by atoms with Crippen LogP contribution >= 0.6 is 11.8 Å². The predicted octanol–water partition coefficient (Wildman–Crippen LogP) is 3.61. The third-order valence-corrected chi connectivity index (χ3v) is 6.63. The fourth-order valence-electron chi connectivity index (χ4n) is 4.23. The van der Waals surface area contributed by atoms with Gasteiger partial charge in [-0.3, -0.25) is 9.89 Å². The number of benzene rings is 1. The van der Waals surface area contributed by atoms with E-state index >= 15 is 0 Å². The zero-order valence-corrected chi connectivity index (χ0v) is 16.5. The number of amides is 1. The Morgan fingerprint density at radius 3 is 2.78 bits per heavy atom. The number of fused-ring (bicyclic) bond motifs is 1. The van der Waals surface area contributed by atoms with Gasteiger partial charge in [-0.1, -0.05) is 31.0 Å². The maximum absolute atomic E-state index is 12.6. The highest BCUT2D eigenvalue weighted by Gasteiger charge is 2.32. The van der Waals surface area contributed by atoms with E-state index < -0.39 is 0 Å². The van der Waals surface area contributed by atoms with Gasteiger partial charge in [0.1, 0.15) is 5.75 Å². The molecule has 2 atom stereocenters. The number of carbonyl (C=O) groups excluding carboxylic acids is 1. The first-order chi connectivity index (χ1) is 13.2. The molecule has 2 heterocycles. The molecule has 1 aliphatic heterocycles. The molecule has 27 heavy (non-hydrogen) atoms. The van der Waals surface area contributed by atoms with E-state index in [9.17, 15) is 4.79 Å². The Morgan fingerprint density at radius 1 is 1.22 bits per heavy atom. The lowest BCUT2D eigenvalue weighted by Gasteiger charge is -2.41. The van der Waals surface area contributed by atoms with Gasteiger partial charge in [0.15, 0.2) is 5.82 Å². The van der Waals surface area contributed by atoms with Gasteiger partial charge in [-0.25, -0.2) is 4.98 Å². The van der Waals surface area contributed by atoms with Crippen LogP contribution in [0.1, 0.15) is 32.1 Å². The monoisotopic (exact) mass is 386 g/mol. The van der Waals surface area contributed by atoms with Crippen molar-refractivity contribution in [2.45, 2.75) is 37.3 Å². The minimum absolute atomic E-state index is 0.208. The zero-order chi connectivity index (χ0) is 18.6. The molecule has 0 bridgehead atoms. The number of nitrogens with zero attached hydrogens (tertiary/aromatic N) is 3. The van der Waals surface area contributed by atoms with Crippen molar-refractivity contribution in [2.24, 2.45) is 11.8 Å². The number of hydrogen-bond acceptors (Lipinski definition) is 5. The molecular weight excluding hydrogens is 360 g/mol. The molecule has 1 aromatic carbocycles. The molecule has 4 rings (SSSR count). The number of aromatic amines is 1. The highest BCUT2D eigenvalue weighted by Crippen LogP contribution is 2.36. The van der Waals surface area contributed by atoms with E-state index in [1.54, 1.807) is 7.11 Å². The zero-order valence-electron chi connectivity index (χ0n) is 15.7. The number of ether oxygens (including phenoxy) is 1. The van der Waals surface area contributed by atoms with Crippen LogP contribution in [-0.4, -0.2) is 51.9 Å². The summed E-state index contributed by atoms with van der Waals surface area (Å²) in [7, 11) is 1.64. The second kappa shape index (κ2) is 8.33. The summed E-state index contributed by atoms with van der Waals surface area (Å²) in [5.74, 6) is 3.68. The molecule has 1 saturated heterocycles. The summed E-state index contributed by atoms with van der Waals surface area (Å²) in [4.78, 5) is 19.2. The first-order valence-corrected chi connectivity index (χ1v) is 10.7. The van der Waals surface area contributed by atoms with Crippen molar-refractivity contribution in [1.82, 2.24) is 20.1 Å². The Kier molecular flexibility index (Phi) is 5.66. The largest absolute Gasteiger partial charge is 0.497 e. The van der Waals surface area contributed by atoms with Crippen LogP contribution < -0.4 is 4.74 Å². The number of hydrogen-bond donors (Lipinski definition) is 1. The van der Waals surface area contributed by atoms with Crippen molar-refractivity contribution in [1.29, 1.82) is 0 Å². The van der Waals surface area contributed by atoms with Gasteiger partial charge >= 0.3 is 0 Å². The molecule has 1 aliphatic carbocycles.